The maximum absolute atomic E-state index is 5.96. The predicted octanol–water partition coefficient (Wildman–Crippen LogP) is 5.37. The Morgan fingerprint density at radius 1 is 0.656 bits per heavy atom. The molecule has 0 radical (unpaired) electrons. The summed E-state index contributed by atoms with van der Waals surface area (Å²) in [5.41, 5.74) is 16.4. The lowest BCUT2D eigenvalue weighted by molar-refractivity contribution is 0.176. The first-order valence-corrected chi connectivity index (χ1v) is 12.6. The smallest absolute Gasteiger partial charge is 0.0346 e. The third-order valence-electron chi connectivity index (χ3n) is 7.45. The monoisotopic (exact) mass is 436 g/mol. The highest BCUT2D eigenvalue weighted by atomic mass is 15.1. The van der Waals surface area contributed by atoms with Gasteiger partial charge in [-0.2, -0.15) is 0 Å². The van der Waals surface area contributed by atoms with Gasteiger partial charge in [-0.3, -0.25) is 0 Å². The zero-order chi connectivity index (χ0) is 22.8. The molecular weight excluding hydrogens is 392 g/mol. The zero-order valence-corrected chi connectivity index (χ0v) is 20.3. The summed E-state index contributed by atoms with van der Waals surface area (Å²) in [5, 5.41) is 0. The number of likely N-dealkylation sites (tertiary alicyclic amines) is 2. The Bertz CT molecular complexity index is 738. The number of rotatable bonds is 6. The number of piperidine rings is 2. The number of para-hydroxylation sites is 2. The van der Waals surface area contributed by atoms with Crippen LogP contribution in [0.3, 0.4) is 0 Å². The lowest BCUT2D eigenvalue weighted by atomic mass is 9.96. The van der Waals surface area contributed by atoms with Crippen molar-refractivity contribution in [2.24, 2.45) is 0 Å². The molecule has 2 fully saturated rings. The van der Waals surface area contributed by atoms with Gasteiger partial charge in [-0.15, -0.1) is 0 Å². The summed E-state index contributed by atoms with van der Waals surface area (Å²) >= 11 is 0. The van der Waals surface area contributed by atoms with Crippen molar-refractivity contribution in [3.8, 4) is 0 Å². The fraction of sp³-hybridized carbons (Fsp3) is 0.571. The third kappa shape index (κ3) is 7.53. The molecule has 176 valence electrons. The molecule has 4 nitrogen and oxygen atoms in total. The van der Waals surface area contributed by atoms with E-state index in [2.05, 4.69) is 48.2 Å². The summed E-state index contributed by atoms with van der Waals surface area (Å²) < 4.78 is 0. The molecule has 2 saturated heterocycles. The van der Waals surface area contributed by atoms with Gasteiger partial charge in [0.2, 0.25) is 0 Å². The van der Waals surface area contributed by atoms with Crippen molar-refractivity contribution in [3.63, 3.8) is 0 Å². The third-order valence-corrected chi connectivity index (χ3v) is 7.45. The molecule has 2 aliphatic rings. The molecule has 2 aromatic rings. The molecule has 2 aromatic carbocycles. The lowest BCUT2D eigenvalue weighted by Crippen LogP contribution is -2.36. The van der Waals surface area contributed by atoms with Crippen LogP contribution < -0.4 is 11.5 Å². The Hall–Kier alpha value is -2.04. The van der Waals surface area contributed by atoms with Crippen LogP contribution in [0.4, 0.5) is 11.4 Å². The van der Waals surface area contributed by atoms with Crippen LogP contribution in [0.2, 0.25) is 0 Å². The molecule has 2 aliphatic heterocycles. The molecule has 1 unspecified atom stereocenters. The summed E-state index contributed by atoms with van der Waals surface area (Å²) in [6.45, 7) is 2.52. The molecule has 4 N–H and O–H groups in total. The predicted molar refractivity (Wildman–Crippen MR) is 139 cm³/mol. The van der Waals surface area contributed by atoms with E-state index in [0.29, 0.717) is 0 Å². The van der Waals surface area contributed by atoms with Crippen molar-refractivity contribution in [3.05, 3.63) is 59.7 Å². The van der Waals surface area contributed by atoms with E-state index in [0.717, 1.165) is 36.3 Å². The van der Waals surface area contributed by atoms with Crippen LogP contribution in [0.25, 0.3) is 0 Å². The number of anilines is 2. The Labute approximate surface area is 196 Å². The van der Waals surface area contributed by atoms with E-state index < -0.39 is 0 Å². The highest BCUT2D eigenvalue weighted by Crippen LogP contribution is 2.22. The number of aryl methyl sites for hydroxylation is 2. The SMILES string of the molecule is CN1CCCCC1CCc1ccccc1N.CN1CCCC[C@H]1CCc1ccccc1N. The number of hydrogen-bond acceptors (Lipinski definition) is 4. The molecule has 4 rings (SSSR count). The van der Waals surface area contributed by atoms with Gasteiger partial charge in [0, 0.05) is 23.5 Å². The van der Waals surface area contributed by atoms with Gasteiger partial charge in [0.05, 0.1) is 0 Å². The maximum Gasteiger partial charge on any atom is 0.0346 e. The van der Waals surface area contributed by atoms with Crippen LogP contribution in [0.5, 0.6) is 0 Å². The van der Waals surface area contributed by atoms with Crippen molar-refractivity contribution in [2.75, 3.05) is 38.7 Å². The molecule has 0 aromatic heterocycles. The fourth-order valence-electron chi connectivity index (χ4n) is 5.19. The van der Waals surface area contributed by atoms with Crippen molar-refractivity contribution >= 4 is 11.4 Å². The molecule has 0 bridgehead atoms. The maximum atomic E-state index is 5.96. The first kappa shape index (κ1) is 24.6. The van der Waals surface area contributed by atoms with E-state index >= 15 is 0 Å². The minimum absolute atomic E-state index is 0.758. The fourth-order valence-corrected chi connectivity index (χ4v) is 5.19. The normalized spacial score (nSPS) is 22.2. The standard InChI is InChI=1S/2C14H22N2/c2*1-16-11-5-4-7-13(16)10-9-12-6-2-3-8-14(12)15/h2*2-3,6,8,13H,4-5,7,9-11,15H2,1H3/t13-;/m0./s1. The summed E-state index contributed by atoms with van der Waals surface area (Å²) in [6.07, 6.45) is 12.9. The average molecular weight is 437 g/mol. The largest absolute Gasteiger partial charge is 0.399 e. The minimum Gasteiger partial charge on any atom is -0.399 e. The Kier molecular flexibility index (Phi) is 9.89. The molecule has 0 spiro atoms. The Balaban J connectivity index is 0.000000181. The number of benzene rings is 2. The van der Waals surface area contributed by atoms with E-state index in [4.69, 9.17) is 11.5 Å². The average Bonchev–Trinajstić information content (AvgIpc) is 2.80. The van der Waals surface area contributed by atoms with Crippen molar-refractivity contribution in [2.45, 2.75) is 76.3 Å². The summed E-state index contributed by atoms with van der Waals surface area (Å²) in [6, 6.07) is 18.0. The van der Waals surface area contributed by atoms with Crippen LogP contribution in [0, 0.1) is 0 Å². The minimum atomic E-state index is 0.758. The van der Waals surface area contributed by atoms with Crippen LogP contribution in [-0.2, 0) is 12.8 Å². The van der Waals surface area contributed by atoms with Gasteiger partial charge >= 0.3 is 0 Å². The van der Waals surface area contributed by atoms with E-state index in [9.17, 15) is 0 Å². The zero-order valence-electron chi connectivity index (χ0n) is 20.3. The van der Waals surface area contributed by atoms with Crippen molar-refractivity contribution in [1.29, 1.82) is 0 Å². The lowest BCUT2D eigenvalue weighted by Gasteiger charge is -2.32. The van der Waals surface area contributed by atoms with Gasteiger partial charge in [0.15, 0.2) is 0 Å². The van der Waals surface area contributed by atoms with E-state index in [-0.39, 0.29) is 0 Å². The topological polar surface area (TPSA) is 58.5 Å². The molecule has 4 heteroatoms. The van der Waals surface area contributed by atoms with Gasteiger partial charge in [-0.25, -0.2) is 0 Å². The first-order chi connectivity index (χ1) is 15.5. The van der Waals surface area contributed by atoms with Crippen LogP contribution in [-0.4, -0.2) is 49.1 Å². The number of nitrogen functional groups attached to an aromatic ring is 2. The summed E-state index contributed by atoms with van der Waals surface area (Å²) in [7, 11) is 4.50. The summed E-state index contributed by atoms with van der Waals surface area (Å²) in [5.74, 6) is 0. The van der Waals surface area contributed by atoms with Gasteiger partial charge in [-0.05, 0) is 102 Å². The van der Waals surface area contributed by atoms with Gasteiger partial charge in [0.1, 0.15) is 0 Å². The molecule has 0 saturated carbocycles. The highest BCUT2D eigenvalue weighted by molar-refractivity contribution is 5.47. The van der Waals surface area contributed by atoms with Crippen molar-refractivity contribution < 1.29 is 0 Å². The summed E-state index contributed by atoms with van der Waals surface area (Å²) in [4.78, 5) is 5.01. The van der Waals surface area contributed by atoms with E-state index in [1.807, 2.05) is 24.3 Å². The second kappa shape index (κ2) is 12.9. The second-order valence-electron chi connectivity index (χ2n) is 9.74. The molecule has 2 atom stereocenters. The number of hydrogen-bond donors (Lipinski definition) is 2. The van der Waals surface area contributed by atoms with Gasteiger partial charge in [0.25, 0.3) is 0 Å². The molecule has 32 heavy (non-hydrogen) atoms. The Morgan fingerprint density at radius 3 is 1.44 bits per heavy atom. The van der Waals surface area contributed by atoms with E-state index in [1.165, 1.54) is 75.6 Å². The molecule has 0 aliphatic carbocycles. The van der Waals surface area contributed by atoms with Crippen molar-refractivity contribution in [1.82, 2.24) is 9.80 Å². The van der Waals surface area contributed by atoms with Crippen LogP contribution in [0.15, 0.2) is 48.5 Å². The highest BCUT2D eigenvalue weighted by Gasteiger charge is 2.19. The Morgan fingerprint density at radius 2 is 1.06 bits per heavy atom. The molecule has 0 amide bonds. The van der Waals surface area contributed by atoms with Gasteiger partial charge < -0.3 is 21.3 Å². The van der Waals surface area contributed by atoms with E-state index in [1.54, 1.807) is 0 Å². The number of nitrogens with two attached hydrogens (primary N) is 2. The van der Waals surface area contributed by atoms with Crippen LogP contribution in [0.1, 0.15) is 62.5 Å². The number of nitrogens with zero attached hydrogens (tertiary/aromatic N) is 2. The molecular formula is C28H44N4. The first-order valence-electron chi connectivity index (χ1n) is 12.6. The second-order valence-corrected chi connectivity index (χ2v) is 9.74. The molecule has 2 heterocycles. The quantitative estimate of drug-likeness (QED) is 0.598. The van der Waals surface area contributed by atoms with Crippen LogP contribution >= 0.6 is 0 Å². The van der Waals surface area contributed by atoms with Gasteiger partial charge in [-0.1, -0.05) is 49.2 Å².